The van der Waals surface area contributed by atoms with Gasteiger partial charge in [-0.15, -0.1) is 0 Å². The number of hydrogen-bond acceptors (Lipinski definition) is 2. The van der Waals surface area contributed by atoms with Gasteiger partial charge in [-0.1, -0.05) is 38.3 Å². The summed E-state index contributed by atoms with van der Waals surface area (Å²) in [5.41, 5.74) is 0.888. The number of benzene rings is 1. The normalized spacial score (nSPS) is 10.8. The van der Waals surface area contributed by atoms with Crippen molar-refractivity contribution in [2.75, 3.05) is 6.54 Å². The third-order valence-electron chi connectivity index (χ3n) is 3.10. The summed E-state index contributed by atoms with van der Waals surface area (Å²) >= 11 is 0. The van der Waals surface area contributed by atoms with E-state index in [0.29, 0.717) is 17.6 Å². The van der Waals surface area contributed by atoms with E-state index in [9.17, 15) is 9.59 Å². The summed E-state index contributed by atoms with van der Waals surface area (Å²) in [5, 5.41) is 2.78. The Morgan fingerprint density at radius 1 is 1.26 bits per heavy atom. The number of carbonyl (C=O) groups is 1. The number of imidazole rings is 1. The van der Waals surface area contributed by atoms with Gasteiger partial charge in [-0.05, 0) is 18.6 Å². The highest BCUT2D eigenvalue weighted by Crippen LogP contribution is 2.08. The van der Waals surface area contributed by atoms with Crippen molar-refractivity contribution in [2.45, 2.75) is 32.6 Å². The standard InChI is InChI=1S/C14H19N3O2/c1-2-3-4-7-10-15-13(18)17-12-9-6-5-8-11(12)16-14(17)19/h5-6,8-9H,2-4,7,10H2,1H3,(H,15,18)(H,16,19). The molecule has 1 amide bonds. The first kappa shape index (κ1) is 13.4. The summed E-state index contributed by atoms with van der Waals surface area (Å²) < 4.78 is 1.15. The highest BCUT2D eigenvalue weighted by Gasteiger charge is 2.12. The molecule has 0 fully saturated rings. The Labute approximate surface area is 111 Å². The predicted octanol–water partition coefficient (Wildman–Crippen LogP) is 2.47. The average Bonchev–Trinajstić information content (AvgIpc) is 2.74. The monoisotopic (exact) mass is 261 g/mol. The number of carbonyl (C=O) groups excluding carboxylic acids is 1. The lowest BCUT2D eigenvalue weighted by Gasteiger charge is -2.05. The second-order valence-corrected chi connectivity index (χ2v) is 4.58. The van der Waals surface area contributed by atoms with Crippen molar-refractivity contribution in [1.82, 2.24) is 14.9 Å². The summed E-state index contributed by atoms with van der Waals surface area (Å²) in [7, 11) is 0. The summed E-state index contributed by atoms with van der Waals surface area (Å²) in [6.45, 7) is 2.74. The predicted molar refractivity (Wildman–Crippen MR) is 75.5 cm³/mol. The Hall–Kier alpha value is -2.04. The smallest absolute Gasteiger partial charge is 0.334 e. The lowest BCUT2D eigenvalue weighted by Crippen LogP contribution is -2.35. The van der Waals surface area contributed by atoms with E-state index >= 15 is 0 Å². The Balaban J connectivity index is 2.05. The van der Waals surface area contributed by atoms with Crippen molar-refractivity contribution in [1.29, 1.82) is 0 Å². The minimum absolute atomic E-state index is 0.362. The number of amides is 1. The van der Waals surface area contributed by atoms with Crippen LogP contribution in [0.4, 0.5) is 4.79 Å². The van der Waals surface area contributed by atoms with Crippen molar-refractivity contribution in [2.24, 2.45) is 0 Å². The molecule has 0 aliphatic heterocycles. The van der Waals surface area contributed by atoms with Crippen LogP contribution in [0.25, 0.3) is 11.0 Å². The molecule has 2 aromatic rings. The van der Waals surface area contributed by atoms with E-state index in [1.807, 2.05) is 6.07 Å². The minimum atomic E-state index is -0.396. The molecule has 0 aliphatic rings. The molecule has 0 spiro atoms. The number of aromatic nitrogens is 2. The molecule has 1 aromatic heterocycles. The first-order chi connectivity index (χ1) is 9.24. The van der Waals surface area contributed by atoms with Crippen LogP contribution in [0.3, 0.4) is 0 Å². The van der Waals surface area contributed by atoms with E-state index < -0.39 is 5.69 Å². The van der Waals surface area contributed by atoms with Crippen molar-refractivity contribution < 1.29 is 4.79 Å². The van der Waals surface area contributed by atoms with Gasteiger partial charge in [-0.3, -0.25) is 0 Å². The molecule has 2 N–H and O–H groups in total. The molecular formula is C14H19N3O2. The maximum absolute atomic E-state index is 12.0. The summed E-state index contributed by atoms with van der Waals surface area (Å²) in [5.74, 6) is 0. The average molecular weight is 261 g/mol. The van der Waals surface area contributed by atoms with E-state index in [4.69, 9.17) is 0 Å². The molecule has 0 saturated heterocycles. The topological polar surface area (TPSA) is 66.9 Å². The number of unbranched alkanes of at least 4 members (excludes halogenated alkanes) is 3. The van der Waals surface area contributed by atoms with E-state index in [0.717, 1.165) is 23.8 Å². The molecule has 19 heavy (non-hydrogen) atoms. The third kappa shape index (κ3) is 3.05. The zero-order valence-corrected chi connectivity index (χ0v) is 11.1. The number of rotatable bonds is 5. The van der Waals surface area contributed by atoms with E-state index in [1.165, 1.54) is 6.42 Å². The van der Waals surface area contributed by atoms with Gasteiger partial charge >= 0.3 is 11.7 Å². The van der Waals surface area contributed by atoms with Gasteiger partial charge in [0.15, 0.2) is 0 Å². The molecule has 0 atom stereocenters. The zero-order chi connectivity index (χ0) is 13.7. The summed E-state index contributed by atoms with van der Waals surface area (Å²) in [6.07, 6.45) is 4.37. The Bertz CT molecular complexity index is 612. The van der Waals surface area contributed by atoms with Crippen LogP contribution in [0.2, 0.25) is 0 Å². The largest absolute Gasteiger partial charge is 0.337 e. The number of para-hydroxylation sites is 2. The molecule has 0 radical (unpaired) electrons. The maximum atomic E-state index is 12.0. The summed E-state index contributed by atoms with van der Waals surface area (Å²) in [4.78, 5) is 26.4. The van der Waals surface area contributed by atoms with E-state index in [-0.39, 0.29) is 6.03 Å². The van der Waals surface area contributed by atoms with Gasteiger partial charge in [0, 0.05) is 6.54 Å². The molecule has 5 heteroatoms. The van der Waals surface area contributed by atoms with Crippen LogP contribution < -0.4 is 11.0 Å². The molecule has 2 rings (SSSR count). The first-order valence-electron chi connectivity index (χ1n) is 6.72. The van der Waals surface area contributed by atoms with Crippen molar-refractivity contribution in [3.63, 3.8) is 0 Å². The second-order valence-electron chi connectivity index (χ2n) is 4.58. The second kappa shape index (κ2) is 6.22. The number of aromatic amines is 1. The minimum Gasteiger partial charge on any atom is -0.337 e. The molecule has 0 unspecified atom stereocenters. The highest BCUT2D eigenvalue weighted by molar-refractivity contribution is 5.88. The number of H-pyrrole nitrogens is 1. The number of hydrogen-bond donors (Lipinski definition) is 2. The van der Waals surface area contributed by atoms with Crippen LogP contribution in [-0.4, -0.2) is 22.1 Å². The van der Waals surface area contributed by atoms with Gasteiger partial charge < -0.3 is 10.3 Å². The Kier molecular flexibility index (Phi) is 4.39. The number of fused-ring (bicyclic) bond motifs is 1. The fraction of sp³-hybridized carbons (Fsp3) is 0.429. The number of nitrogens with zero attached hydrogens (tertiary/aromatic N) is 1. The van der Waals surface area contributed by atoms with Crippen LogP contribution in [0.5, 0.6) is 0 Å². The first-order valence-corrected chi connectivity index (χ1v) is 6.72. The van der Waals surface area contributed by atoms with Gasteiger partial charge in [0.05, 0.1) is 11.0 Å². The quantitative estimate of drug-likeness (QED) is 0.812. The maximum Gasteiger partial charge on any atom is 0.334 e. The fourth-order valence-corrected chi connectivity index (χ4v) is 2.08. The molecule has 102 valence electrons. The molecule has 0 bridgehead atoms. The number of nitrogens with one attached hydrogen (secondary N) is 2. The lowest BCUT2D eigenvalue weighted by atomic mass is 10.2. The van der Waals surface area contributed by atoms with Crippen LogP contribution in [0.1, 0.15) is 32.6 Å². The van der Waals surface area contributed by atoms with Gasteiger partial charge in [0.2, 0.25) is 0 Å². The van der Waals surface area contributed by atoms with Crippen molar-refractivity contribution in [3.05, 3.63) is 34.7 Å². The van der Waals surface area contributed by atoms with Crippen LogP contribution in [-0.2, 0) is 0 Å². The van der Waals surface area contributed by atoms with Crippen LogP contribution >= 0.6 is 0 Å². The fourth-order valence-electron chi connectivity index (χ4n) is 2.08. The van der Waals surface area contributed by atoms with Crippen LogP contribution in [0, 0.1) is 0 Å². The highest BCUT2D eigenvalue weighted by atomic mass is 16.2. The molecule has 5 nitrogen and oxygen atoms in total. The van der Waals surface area contributed by atoms with Crippen molar-refractivity contribution >= 4 is 17.1 Å². The summed E-state index contributed by atoms with van der Waals surface area (Å²) in [6, 6.07) is 6.80. The van der Waals surface area contributed by atoms with Gasteiger partial charge in [-0.2, -0.15) is 0 Å². The van der Waals surface area contributed by atoms with E-state index in [1.54, 1.807) is 18.2 Å². The molecule has 1 aromatic carbocycles. The van der Waals surface area contributed by atoms with Gasteiger partial charge in [-0.25, -0.2) is 14.2 Å². The van der Waals surface area contributed by atoms with Crippen molar-refractivity contribution in [3.8, 4) is 0 Å². The Morgan fingerprint density at radius 3 is 2.84 bits per heavy atom. The third-order valence-corrected chi connectivity index (χ3v) is 3.10. The SMILES string of the molecule is CCCCCCNC(=O)n1c(=O)[nH]c2ccccc21. The van der Waals surface area contributed by atoms with Gasteiger partial charge in [0.1, 0.15) is 0 Å². The zero-order valence-electron chi connectivity index (χ0n) is 11.1. The lowest BCUT2D eigenvalue weighted by molar-refractivity contribution is 0.242. The Morgan fingerprint density at radius 2 is 2.05 bits per heavy atom. The molecule has 0 aliphatic carbocycles. The van der Waals surface area contributed by atoms with Gasteiger partial charge in [0.25, 0.3) is 0 Å². The molecule has 0 saturated carbocycles. The van der Waals surface area contributed by atoms with Crippen LogP contribution in [0.15, 0.2) is 29.1 Å². The molecule has 1 heterocycles. The van der Waals surface area contributed by atoms with E-state index in [2.05, 4.69) is 17.2 Å². The molecular weight excluding hydrogens is 242 g/mol.